The lowest BCUT2D eigenvalue weighted by Gasteiger charge is -2.19. The number of carbonyl (C=O) groups excluding carboxylic acids is 1. The first-order chi connectivity index (χ1) is 8.26. The third-order valence-corrected chi connectivity index (χ3v) is 2.63. The fourth-order valence-corrected chi connectivity index (χ4v) is 1.20. The maximum absolute atomic E-state index is 12.6. The van der Waals surface area contributed by atoms with Crippen LogP contribution in [0, 0.1) is 0 Å². The van der Waals surface area contributed by atoms with E-state index in [1.807, 2.05) is 0 Å². The van der Waals surface area contributed by atoms with Crippen molar-refractivity contribution in [1.82, 2.24) is 9.78 Å². The van der Waals surface area contributed by atoms with Crippen LogP contribution in [-0.4, -0.2) is 38.9 Å². The van der Waals surface area contributed by atoms with E-state index in [2.05, 4.69) is 5.10 Å². The van der Waals surface area contributed by atoms with Crippen molar-refractivity contribution in [3.8, 4) is 5.88 Å². The average molecular weight is 283 g/mol. The van der Waals surface area contributed by atoms with Gasteiger partial charge in [-0.15, -0.1) is 16.7 Å². The predicted octanol–water partition coefficient (Wildman–Crippen LogP) is 1.85. The van der Waals surface area contributed by atoms with Crippen LogP contribution in [0.2, 0.25) is 0 Å². The minimum Gasteiger partial charge on any atom is -0.473 e. The van der Waals surface area contributed by atoms with Gasteiger partial charge in [-0.25, -0.2) is 8.78 Å². The van der Waals surface area contributed by atoms with Crippen LogP contribution in [0.15, 0.2) is 6.07 Å². The number of rotatable bonds is 5. The van der Waals surface area contributed by atoms with Crippen LogP contribution in [0.5, 0.6) is 5.88 Å². The summed E-state index contributed by atoms with van der Waals surface area (Å²) in [4.78, 5) is 11.1. The fourth-order valence-electron chi connectivity index (χ4n) is 1.12. The van der Waals surface area contributed by atoms with Gasteiger partial charge in [0, 0.05) is 13.0 Å². The number of hydrogen-bond acceptors (Lipinski definition) is 4. The first-order valence-corrected chi connectivity index (χ1v) is 5.60. The molecule has 5 nitrogen and oxygen atoms in total. The Hall–Kier alpha value is -1.21. The summed E-state index contributed by atoms with van der Waals surface area (Å²) in [6.45, 7) is 2.32. The van der Waals surface area contributed by atoms with Crippen LogP contribution in [0.4, 0.5) is 8.78 Å². The molecule has 0 radical (unpaired) electrons. The third-order valence-electron chi connectivity index (χ3n) is 2.06. The minimum atomic E-state index is -2.84. The average Bonchev–Trinajstić information content (AvgIpc) is 2.71. The number of hydrogen-bond donors (Lipinski definition) is 1. The smallest absolute Gasteiger partial charge is 0.280 e. The molecular formula is C10H13ClF2N2O3. The van der Waals surface area contributed by atoms with Gasteiger partial charge in [-0.3, -0.25) is 4.79 Å². The summed E-state index contributed by atoms with van der Waals surface area (Å²) in [7, 11) is 0. The molecule has 0 aliphatic rings. The van der Waals surface area contributed by atoms with Crippen molar-refractivity contribution in [2.24, 2.45) is 0 Å². The van der Waals surface area contributed by atoms with Gasteiger partial charge < -0.3 is 9.84 Å². The van der Waals surface area contributed by atoms with E-state index in [1.165, 1.54) is 6.92 Å². The molecule has 1 atom stereocenters. The monoisotopic (exact) mass is 282 g/mol. The van der Waals surface area contributed by atoms with Crippen molar-refractivity contribution in [3.63, 3.8) is 0 Å². The van der Waals surface area contributed by atoms with E-state index >= 15 is 0 Å². The lowest BCUT2D eigenvalue weighted by atomic mass is 10.2. The highest BCUT2D eigenvalue weighted by atomic mass is 35.5. The summed E-state index contributed by atoms with van der Waals surface area (Å²) in [5, 5.41) is 13.2. The standard InChI is InChI=1S/C10H13ClF2N2O3/c1-6(16)15-7(9(12)13)3-8(14-15)18-5-10(2,17)4-11/h3,9,17H,4-5H2,1-2H3/t10-/m0/s1. The van der Waals surface area contributed by atoms with E-state index in [9.17, 15) is 18.7 Å². The molecule has 0 aliphatic carbocycles. The first-order valence-electron chi connectivity index (χ1n) is 5.07. The normalized spacial score (nSPS) is 14.6. The molecule has 8 heteroatoms. The van der Waals surface area contributed by atoms with E-state index in [0.29, 0.717) is 4.68 Å². The maximum Gasteiger partial charge on any atom is 0.280 e. The molecule has 1 heterocycles. The number of carbonyl (C=O) groups is 1. The number of ether oxygens (including phenoxy) is 1. The Morgan fingerprint density at radius 3 is 2.72 bits per heavy atom. The molecule has 0 aliphatic heterocycles. The number of aromatic nitrogens is 2. The van der Waals surface area contributed by atoms with Gasteiger partial charge in [-0.1, -0.05) is 0 Å². The SMILES string of the molecule is CC(=O)n1nc(OC[C@@](C)(O)CCl)cc1C(F)F. The summed E-state index contributed by atoms with van der Waals surface area (Å²) in [5.41, 5.74) is -1.85. The van der Waals surface area contributed by atoms with Gasteiger partial charge in [0.25, 0.3) is 6.43 Å². The minimum absolute atomic E-state index is 0.0812. The van der Waals surface area contributed by atoms with Crippen molar-refractivity contribution in [2.45, 2.75) is 25.9 Å². The van der Waals surface area contributed by atoms with Gasteiger partial charge >= 0.3 is 0 Å². The van der Waals surface area contributed by atoms with Gasteiger partial charge in [-0.2, -0.15) is 4.68 Å². The zero-order valence-electron chi connectivity index (χ0n) is 9.86. The Morgan fingerprint density at radius 1 is 1.72 bits per heavy atom. The summed E-state index contributed by atoms with van der Waals surface area (Å²) >= 11 is 5.47. The van der Waals surface area contributed by atoms with Crippen LogP contribution in [0.1, 0.15) is 30.8 Å². The number of aliphatic hydroxyl groups is 1. The molecule has 102 valence electrons. The van der Waals surface area contributed by atoms with Crippen LogP contribution in [-0.2, 0) is 0 Å². The Labute approximate surface area is 107 Å². The molecule has 0 fully saturated rings. The number of halogens is 3. The molecule has 1 aromatic rings. The van der Waals surface area contributed by atoms with Crippen LogP contribution >= 0.6 is 11.6 Å². The largest absolute Gasteiger partial charge is 0.473 e. The zero-order chi connectivity index (χ0) is 13.9. The Morgan fingerprint density at radius 2 is 2.33 bits per heavy atom. The molecule has 18 heavy (non-hydrogen) atoms. The van der Waals surface area contributed by atoms with Gasteiger partial charge in [0.2, 0.25) is 11.8 Å². The highest BCUT2D eigenvalue weighted by Gasteiger charge is 2.23. The summed E-state index contributed by atoms with van der Waals surface area (Å²) < 4.78 is 30.8. The van der Waals surface area contributed by atoms with Crippen LogP contribution in [0.3, 0.4) is 0 Å². The van der Waals surface area contributed by atoms with Crippen LogP contribution < -0.4 is 4.74 Å². The van der Waals surface area contributed by atoms with Crippen molar-refractivity contribution < 1.29 is 23.4 Å². The lowest BCUT2D eigenvalue weighted by molar-refractivity contribution is 0.0297. The highest BCUT2D eigenvalue weighted by Crippen LogP contribution is 2.23. The molecule has 0 spiro atoms. The van der Waals surface area contributed by atoms with E-state index in [-0.39, 0.29) is 18.4 Å². The molecule has 0 bridgehead atoms. The Kier molecular flexibility index (Phi) is 4.64. The van der Waals surface area contributed by atoms with Crippen LogP contribution in [0.25, 0.3) is 0 Å². The molecular weight excluding hydrogens is 270 g/mol. The molecule has 0 unspecified atom stereocenters. The topological polar surface area (TPSA) is 64.4 Å². The molecule has 1 aromatic heterocycles. The van der Waals surface area contributed by atoms with Crippen molar-refractivity contribution in [1.29, 1.82) is 0 Å². The Balaban J connectivity index is 2.86. The molecule has 1 N–H and O–H groups in total. The van der Waals surface area contributed by atoms with Gasteiger partial charge in [-0.05, 0) is 6.92 Å². The number of alkyl halides is 3. The van der Waals surface area contributed by atoms with Crippen molar-refractivity contribution in [2.75, 3.05) is 12.5 Å². The van der Waals surface area contributed by atoms with E-state index in [0.717, 1.165) is 13.0 Å². The summed E-state index contributed by atoms with van der Waals surface area (Å²) in [5.74, 6) is -0.891. The predicted molar refractivity (Wildman–Crippen MR) is 60.3 cm³/mol. The van der Waals surface area contributed by atoms with E-state index in [1.54, 1.807) is 0 Å². The second-order valence-electron chi connectivity index (χ2n) is 4.06. The first kappa shape index (κ1) is 14.8. The molecule has 1 rings (SSSR count). The van der Waals surface area contributed by atoms with Crippen molar-refractivity contribution in [3.05, 3.63) is 11.8 Å². The number of nitrogens with zero attached hydrogens (tertiary/aromatic N) is 2. The zero-order valence-corrected chi connectivity index (χ0v) is 10.6. The van der Waals surface area contributed by atoms with Gasteiger partial charge in [0.15, 0.2) is 0 Å². The lowest BCUT2D eigenvalue weighted by Crippen LogP contribution is -2.34. The third kappa shape index (κ3) is 3.64. The van der Waals surface area contributed by atoms with Crippen molar-refractivity contribution >= 4 is 17.5 Å². The quantitative estimate of drug-likeness (QED) is 0.837. The second-order valence-corrected chi connectivity index (χ2v) is 4.33. The molecule has 0 amide bonds. The summed E-state index contributed by atoms with van der Waals surface area (Å²) in [6.07, 6.45) is -2.84. The fraction of sp³-hybridized carbons (Fsp3) is 0.600. The summed E-state index contributed by atoms with van der Waals surface area (Å²) in [6, 6.07) is 0.955. The second kappa shape index (κ2) is 5.62. The molecule has 0 aromatic carbocycles. The van der Waals surface area contributed by atoms with Gasteiger partial charge in [0.05, 0.1) is 5.88 Å². The molecule has 0 saturated heterocycles. The van der Waals surface area contributed by atoms with E-state index in [4.69, 9.17) is 16.3 Å². The molecule has 0 saturated carbocycles. The van der Waals surface area contributed by atoms with Gasteiger partial charge in [0.1, 0.15) is 17.9 Å². The Bertz CT molecular complexity index is 435. The highest BCUT2D eigenvalue weighted by molar-refractivity contribution is 6.18. The van der Waals surface area contributed by atoms with E-state index < -0.39 is 23.6 Å². The maximum atomic E-state index is 12.6.